The van der Waals surface area contributed by atoms with Crippen LogP contribution in [0.25, 0.3) is 0 Å². The van der Waals surface area contributed by atoms with Gasteiger partial charge in [0, 0.05) is 13.1 Å². The molecule has 0 N–H and O–H groups in total. The summed E-state index contributed by atoms with van der Waals surface area (Å²) in [5, 5.41) is 0. The minimum absolute atomic E-state index is 0.984. The van der Waals surface area contributed by atoms with E-state index in [4.69, 9.17) is 0 Å². The molecular formula is C13H23N. The highest BCUT2D eigenvalue weighted by Gasteiger charge is 2.25. The molecule has 2 rings (SSSR count). The van der Waals surface area contributed by atoms with Crippen LogP contribution in [-0.2, 0) is 0 Å². The summed E-state index contributed by atoms with van der Waals surface area (Å²) in [4.78, 5) is 2.58. The third kappa shape index (κ3) is 2.52. The third-order valence-electron chi connectivity index (χ3n) is 3.63. The number of nitrogens with zero attached hydrogens (tertiary/aromatic N) is 1. The number of hydrogen-bond donors (Lipinski definition) is 0. The van der Waals surface area contributed by atoms with E-state index in [0.717, 1.165) is 11.8 Å². The van der Waals surface area contributed by atoms with Gasteiger partial charge in [-0.15, -0.1) is 0 Å². The lowest BCUT2D eigenvalue weighted by Crippen LogP contribution is -2.28. The van der Waals surface area contributed by atoms with Crippen molar-refractivity contribution >= 4 is 0 Å². The van der Waals surface area contributed by atoms with E-state index in [1.807, 2.05) is 0 Å². The molecule has 2 fully saturated rings. The van der Waals surface area contributed by atoms with Crippen molar-refractivity contribution < 1.29 is 0 Å². The fourth-order valence-corrected chi connectivity index (χ4v) is 3.03. The molecule has 2 bridgehead atoms. The van der Waals surface area contributed by atoms with Crippen LogP contribution in [0.4, 0.5) is 0 Å². The third-order valence-corrected chi connectivity index (χ3v) is 3.63. The molecule has 0 aromatic carbocycles. The summed E-state index contributed by atoms with van der Waals surface area (Å²) in [5.74, 6) is 1.97. The Balaban J connectivity index is 2.04. The van der Waals surface area contributed by atoms with Crippen LogP contribution in [0.3, 0.4) is 0 Å². The standard InChI is InChI=1S/C13H23N/c1-11(2)8-14-9-12-4-3-5-13(10-14)7-6-12/h8,12-13H,3-7,9-10H2,1-2H3. The first-order chi connectivity index (χ1) is 6.74. The fraction of sp³-hybridized carbons (Fsp3) is 0.846. The number of rotatable bonds is 1. The molecule has 1 aliphatic heterocycles. The van der Waals surface area contributed by atoms with Crippen LogP contribution in [-0.4, -0.2) is 18.0 Å². The Labute approximate surface area is 88.2 Å². The average Bonchev–Trinajstić information content (AvgIpc) is 2.35. The lowest BCUT2D eigenvalue weighted by molar-refractivity contribution is 0.262. The van der Waals surface area contributed by atoms with Crippen molar-refractivity contribution in [2.45, 2.75) is 46.0 Å². The Morgan fingerprint density at radius 2 is 1.57 bits per heavy atom. The molecule has 0 aromatic rings. The van der Waals surface area contributed by atoms with Gasteiger partial charge in [0.15, 0.2) is 0 Å². The van der Waals surface area contributed by atoms with Gasteiger partial charge in [-0.1, -0.05) is 12.0 Å². The van der Waals surface area contributed by atoms with Crippen LogP contribution in [0.1, 0.15) is 46.0 Å². The zero-order valence-electron chi connectivity index (χ0n) is 9.63. The molecule has 1 aliphatic carbocycles. The van der Waals surface area contributed by atoms with E-state index in [1.165, 1.54) is 50.8 Å². The highest BCUT2D eigenvalue weighted by molar-refractivity contribution is 4.95. The molecule has 1 heterocycles. The zero-order valence-corrected chi connectivity index (χ0v) is 9.63. The minimum atomic E-state index is 0.984. The molecule has 0 spiro atoms. The van der Waals surface area contributed by atoms with Crippen LogP contribution in [0, 0.1) is 11.8 Å². The van der Waals surface area contributed by atoms with Crippen molar-refractivity contribution in [1.82, 2.24) is 4.90 Å². The Morgan fingerprint density at radius 3 is 2.07 bits per heavy atom. The summed E-state index contributed by atoms with van der Waals surface area (Å²) in [6.07, 6.45) is 9.78. The van der Waals surface area contributed by atoms with E-state index in [2.05, 4.69) is 24.9 Å². The molecule has 2 aliphatic rings. The number of hydrogen-bond acceptors (Lipinski definition) is 1. The fourth-order valence-electron chi connectivity index (χ4n) is 3.03. The highest BCUT2D eigenvalue weighted by atomic mass is 15.1. The van der Waals surface area contributed by atoms with Gasteiger partial charge in [0.25, 0.3) is 0 Å². The molecule has 1 saturated carbocycles. The maximum Gasteiger partial charge on any atom is 0.0200 e. The summed E-state index contributed by atoms with van der Waals surface area (Å²) < 4.78 is 0. The minimum Gasteiger partial charge on any atom is -0.377 e. The maximum atomic E-state index is 2.58. The van der Waals surface area contributed by atoms with Crippen molar-refractivity contribution in [1.29, 1.82) is 0 Å². The second kappa shape index (κ2) is 4.37. The first kappa shape index (κ1) is 10.1. The predicted molar refractivity (Wildman–Crippen MR) is 61.1 cm³/mol. The molecule has 0 aromatic heterocycles. The molecule has 1 heteroatoms. The van der Waals surface area contributed by atoms with Gasteiger partial charge in [-0.2, -0.15) is 0 Å². The summed E-state index contributed by atoms with van der Waals surface area (Å²) >= 11 is 0. The van der Waals surface area contributed by atoms with Gasteiger partial charge in [0.2, 0.25) is 0 Å². The van der Waals surface area contributed by atoms with Gasteiger partial charge >= 0.3 is 0 Å². The van der Waals surface area contributed by atoms with Crippen molar-refractivity contribution in [3.05, 3.63) is 11.8 Å². The van der Waals surface area contributed by atoms with E-state index in [0.29, 0.717) is 0 Å². The largest absolute Gasteiger partial charge is 0.377 e. The number of likely N-dealkylation sites (tertiary alicyclic amines) is 1. The number of fused-ring (bicyclic) bond motifs is 3. The van der Waals surface area contributed by atoms with E-state index in [9.17, 15) is 0 Å². The lowest BCUT2D eigenvalue weighted by Gasteiger charge is -2.28. The molecule has 0 radical (unpaired) electrons. The van der Waals surface area contributed by atoms with E-state index in [1.54, 1.807) is 0 Å². The van der Waals surface area contributed by atoms with Crippen molar-refractivity contribution in [3.63, 3.8) is 0 Å². The van der Waals surface area contributed by atoms with Crippen molar-refractivity contribution in [3.8, 4) is 0 Å². The molecule has 80 valence electrons. The van der Waals surface area contributed by atoms with Crippen LogP contribution in [0.5, 0.6) is 0 Å². The summed E-state index contributed by atoms with van der Waals surface area (Å²) in [5.41, 5.74) is 1.45. The first-order valence-corrected chi connectivity index (χ1v) is 6.13. The zero-order chi connectivity index (χ0) is 9.97. The Morgan fingerprint density at radius 1 is 1.00 bits per heavy atom. The second-order valence-electron chi connectivity index (χ2n) is 5.40. The summed E-state index contributed by atoms with van der Waals surface area (Å²) in [6, 6.07) is 0. The average molecular weight is 193 g/mol. The molecule has 1 saturated heterocycles. The van der Waals surface area contributed by atoms with E-state index in [-0.39, 0.29) is 0 Å². The van der Waals surface area contributed by atoms with Crippen LogP contribution >= 0.6 is 0 Å². The van der Waals surface area contributed by atoms with Crippen molar-refractivity contribution in [2.75, 3.05) is 13.1 Å². The van der Waals surface area contributed by atoms with Crippen LogP contribution in [0.15, 0.2) is 11.8 Å². The Bertz CT molecular complexity index is 201. The molecule has 0 amide bonds. The monoisotopic (exact) mass is 193 g/mol. The van der Waals surface area contributed by atoms with Gasteiger partial charge in [0.1, 0.15) is 0 Å². The Kier molecular flexibility index (Phi) is 3.15. The highest BCUT2D eigenvalue weighted by Crippen LogP contribution is 2.32. The molecule has 2 unspecified atom stereocenters. The maximum absolute atomic E-state index is 2.58. The summed E-state index contributed by atoms with van der Waals surface area (Å²) in [7, 11) is 0. The lowest BCUT2D eigenvalue weighted by atomic mass is 10.00. The number of allylic oxidation sites excluding steroid dienone is 1. The summed E-state index contributed by atoms with van der Waals surface area (Å²) in [6.45, 7) is 7.06. The quantitative estimate of drug-likeness (QED) is 0.617. The SMILES string of the molecule is CC(C)=CN1CC2CCCC(CC2)C1. The van der Waals surface area contributed by atoms with Gasteiger partial charge in [-0.25, -0.2) is 0 Å². The molecular weight excluding hydrogens is 170 g/mol. The Hall–Kier alpha value is -0.460. The van der Waals surface area contributed by atoms with Gasteiger partial charge in [-0.05, 0) is 57.6 Å². The normalized spacial score (nSPS) is 32.3. The van der Waals surface area contributed by atoms with E-state index >= 15 is 0 Å². The van der Waals surface area contributed by atoms with Crippen LogP contribution in [0.2, 0.25) is 0 Å². The molecule has 2 atom stereocenters. The van der Waals surface area contributed by atoms with Gasteiger partial charge < -0.3 is 4.90 Å². The topological polar surface area (TPSA) is 3.24 Å². The van der Waals surface area contributed by atoms with Gasteiger partial charge in [0.05, 0.1) is 0 Å². The van der Waals surface area contributed by atoms with Crippen LogP contribution < -0.4 is 0 Å². The molecule has 14 heavy (non-hydrogen) atoms. The molecule has 1 nitrogen and oxygen atoms in total. The van der Waals surface area contributed by atoms with E-state index < -0.39 is 0 Å². The predicted octanol–water partition coefficient (Wildman–Crippen LogP) is 3.42. The smallest absolute Gasteiger partial charge is 0.0200 e. The first-order valence-electron chi connectivity index (χ1n) is 6.13. The van der Waals surface area contributed by atoms with Gasteiger partial charge in [-0.3, -0.25) is 0 Å². The van der Waals surface area contributed by atoms with Crippen molar-refractivity contribution in [2.24, 2.45) is 11.8 Å². The second-order valence-corrected chi connectivity index (χ2v) is 5.40.